The van der Waals surface area contributed by atoms with E-state index in [2.05, 4.69) is 5.32 Å². The summed E-state index contributed by atoms with van der Waals surface area (Å²) in [5, 5.41) is 3.78. The lowest BCUT2D eigenvalue weighted by Gasteiger charge is -2.32. The summed E-state index contributed by atoms with van der Waals surface area (Å²) in [5.74, 6) is -0.958. The largest absolute Gasteiger partial charge is 0.355 e. The summed E-state index contributed by atoms with van der Waals surface area (Å²) in [6.45, 7) is 5.03. The predicted molar refractivity (Wildman–Crippen MR) is 152 cm³/mol. The molecule has 1 atom stereocenters. The Morgan fingerprint density at radius 1 is 0.921 bits per heavy atom. The number of halogens is 3. The highest BCUT2D eigenvalue weighted by atomic mass is 35.5. The maximum absolute atomic E-state index is 13.8. The lowest BCUT2D eigenvalue weighted by atomic mass is 10.1. The Morgan fingerprint density at radius 3 is 2.13 bits per heavy atom. The zero-order valence-corrected chi connectivity index (χ0v) is 24.2. The second-order valence-electron chi connectivity index (χ2n) is 8.64. The summed E-state index contributed by atoms with van der Waals surface area (Å²) in [5.41, 5.74) is 1.77. The van der Waals surface area contributed by atoms with Crippen molar-refractivity contribution in [2.75, 3.05) is 17.4 Å². The number of carbonyl (C=O) groups is 2. The van der Waals surface area contributed by atoms with Gasteiger partial charge in [-0.1, -0.05) is 58.6 Å². The van der Waals surface area contributed by atoms with Crippen LogP contribution < -0.4 is 9.62 Å². The predicted octanol–water partition coefficient (Wildman–Crippen LogP) is 5.70. The van der Waals surface area contributed by atoms with Crippen molar-refractivity contribution in [3.63, 3.8) is 0 Å². The van der Waals surface area contributed by atoms with Crippen molar-refractivity contribution >= 4 is 62.3 Å². The van der Waals surface area contributed by atoms with E-state index >= 15 is 0 Å². The highest BCUT2D eigenvalue weighted by Crippen LogP contribution is 2.27. The number of rotatable bonds is 10. The first kappa shape index (κ1) is 29.8. The number of hydrogen-bond donors (Lipinski definition) is 1. The molecule has 0 radical (unpaired) electrons. The highest BCUT2D eigenvalue weighted by Gasteiger charge is 2.32. The first-order valence-corrected chi connectivity index (χ1v) is 14.4. The average Bonchev–Trinajstić information content (AvgIpc) is 2.88. The second kappa shape index (κ2) is 12.8. The van der Waals surface area contributed by atoms with Crippen LogP contribution in [0.5, 0.6) is 0 Å². The smallest absolute Gasteiger partial charge is 0.264 e. The number of sulfonamides is 1. The quantitative estimate of drug-likeness (QED) is 0.325. The molecule has 0 aliphatic rings. The minimum atomic E-state index is -4.15. The third-order valence-electron chi connectivity index (χ3n) is 5.86. The monoisotopic (exact) mass is 595 g/mol. The molecule has 0 saturated heterocycles. The van der Waals surface area contributed by atoms with Gasteiger partial charge in [0.2, 0.25) is 11.8 Å². The van der Waals surface area contributed by atoms with Crippen LogP contribution in [0.2, 0.25) is 15.1 Å². The van der Waals surface area contributed by atoms with E-state index in [-0.39, 0.29) is 23.0 Å². The fourth-order valence-corrected chi connectivity index (χ4v) is 5.57. The third kappa shape index (κ3) is 7.20. The Morgan fingerprint density at radius 2 is 1.55 bits per heavy atom. The molecule has 3 aromatic carbocycles. The van der Waals surface area contributed by atoms with E-state index < -0.39 is 28.5 Å². The molecular weight excluding hydrogens is 569 g/mol. The molecule has 0 heterocycles. The minimum absolute atomic E-state index is 0.00700. The number of aryl methyl sites for hydroxylation is 1. The van der Waals surface area contributed by atoms with Gasteiger partial charge < -0.3 is 10.2 Å². The Hall–Kier alpha value is -2.78. The van der Waals surface area contributed by atoms with Crippen LogP contribution in [0.1, 0.15) is 25.0 Å². The van der Waals surface area contributed by atoms with E-state index in [4.69, 9.17) is 34.8 Å². The molecule has 7 nitrogen and oxygen atoms in total. The zero-order valence-electron chi connectivity index (χ0n) is 21.1. The van der Waals surface area contributed by atoms with Gasteiger partial charge in [0.05, 0.1) is 20.6 Å². The summed E-state index contributed by atoms with van der Waals surface area (Å²) in [6, 6.07) is 16.5. The number of nitrogens with zero attached hydrogens (tertiary/aromatic N) is 2. The molecule has 2 amide bonds. The second-order valence-corrected chi connectivity index (χ2v) is 11.8. The maximum Gasteiger partial charge on any atom is 0.264 e. The molecule has 0 fully saturated rings. The normalized spacial score (nSPS) is 12.1. The van der Waals surface area contributed by atoms with E-state index in [1.165, 1.54) is 29.2 Å². The zero-order chi connectivity index (χ0) is 28.0. The van der Waals surface area contributed by atoms with Crippen LogP contribution >= 0.6 is 34.8 Å². The Kier molecular flexibility index (Phi) is 10.1. The van der Waals surface area contributed by atoms with Crippen molar-refractivity contribution in [3.05, 3.63) is 92.9 Å². The van der Waals surface area contributed by atoms with Crippen molar-refractivity contribution in [1.29, 1.82) is 0 Å². The van der Waals surface area contributed by atoms with E-state index in [0.717, 1.165) is 9.87 Å². The molecule has 3 rings (SSSR count). The summed E-state index contributed by atoms with van der Waals surface area (Å²) in [6.07, 6.45) is 0. The standard InChI is InChI=1S/C27H28Cl3N3O4S/c1-4-31-27(35)19(3)32(16-20-7-14-24(29)25(30)15-20)26(34)17-33(22-10-8-21(28)9-11-22)38(36,37)23-12-5-18(2)6-13-23/h5-15,19H,4,16-17H2,1-3H3,(H,31,35). The van der Waals surface area contributed by atoms with Crippen molar-refractivity contribution < 1.29 is 18.0 Å². The van der Waals surface area contributed by atoms with Gasteiger partial charge in [-0.05, 0) is 74.9 Å². The molecule has 0 spiro atoms. The Bertz CT molecular complexity index is 1400. The van der Waals surface area contributed by atoms with Crippen LogP contribution in [0.4, 0.5) is 5.69 Å². The van der Waals surface area contributed by atoms with Crippen LogP contribution in [0.25, 0.3) is 0 Å². The van der Waals surface area contributed by atoms with Gasteiger partial charge in [0.25, 0.3) is 10.0 Å². The molecule has 3 aromatic rings. The van der Waals surface area contributed by atoms with Crippen LogP contribution in [-0.4, -0.2) is 44.3 Å². The molecule has 0 aliphatic heterocycles. The number of likely N-dealkylation sites (N-methyl/N-ethyl adjacent to an activating group) is 1. The van der Waals surface area contributed by atoms with E-state index in [0.29, 0.717) is 27.2 Å². The van der Waals surface area contributed by atoms with Gasteiger partial charge in [0, 0.05) is 18.1 Å². The van der Waals surface area contributed by atoms with Gasteiger partial charge in [-0.25, -0.2) is 8.42 Å². The molecule has 38 heavy (non-hydrogen) atoms. The van der Waals surface area contributed by atoms with Crippen molar-refractivity contribution in [2.24, 2.45) is 0 Å². The van der Waals surface area contributed by atoms with Crippen molar-refractivity contribution in [3.8, 4) is 0 Å². The molecule has 0 bridgehead atoms. The molecule has 0 aromatic heterocycles. The third-order valence-corrected chi connectivity index (χ3v) is 8.64. The number of amides is 2. The van der Waals surface area contributed by atoms with Crippen LogP contribution in [0, 0.1) is 6.92 Å². The first-order chi connectivity index (χ1) is 17.9. The topological polar surface area (TPSA) is 86.8 Å². The Balaban J connectivity index is 2.03. The Labute approximate surface area is 238 Å². The SMILES string of the molecule is CCNC(=O)C(C)N(Cc1ccc(Cl)c(Cl)c1)C(=O)CN(c1ccc(Cl)cc1)S(=O)(=O)c1ccc(C)cc1. The van der Waals surface area contributed by atoms with E-state index in [1.807, 2.05) is 6.92 Å². The van der Waals surface area contributed by atoms with Gasteiger partial charge in [-0.15, -0.1) is 0 Å². The molecule has 11 heteroatoms. The number of nitrogens with one attached hydrogen (secondary N) is 1. The summed E-state index contributed by atoms with van der Waals surface area (Å²) >= 11 is 18.2. The van der Waals surface area contributed by atoms with E-state index in [1.54, 1.807) is 56.3 Å². The summed E-state index contributed by atoms with van der Waals surface area (Å²) in [7, 11) is -4.15. The van der Waals surface area contributed by atoms with E-state index in [9.17, 15) is 18.0 Å². The number of hydrogen-bond acceptors (Lipinski definition) is 4. The van der Waals surface area contributed by atoms with Gasteiger partial charge in [0.15, 0.2) is 0 Å². The summed E-state index contributed by atoms with van der Waals surface area (Å²) in [4.78, 5) is 27.9. The molecule has 1 N–H and O–H groups in total. The van der Waals surface area contributed by atoms with Crippen LogP contribution in [0.3, 0.4) is 0 Å². The van der Waals surface area contributed by atoms with Gasteiger partial charge in [0.1, 0.15) is 12.6 Å². The van der Waals surface area contributed by atoms with Crippen LogP contribution in [-0.2, 0) is 26.2 Å². The van der Waals surface area contributed by atoms with Crippen molar-refractivity contribution in [1.82, 2.24) is 10.2 Å². The minimum Gasteiger partial charge on any atom is -0.355 e. The molecule has 0 aliphatic carbocycles. The number of anilines is 1. The first-order valence-electron chi connectivity index (χ1n) is 11.8. The van der Waals surface area contributed by atoms with Gasteiger partial charge >= 0.3 is 0 Å². The molecule has 1 unspecified atom stereocenters. The average molecular weight is 597 g/mol. The highest BCUT2D eigenvalue weighted by molar-refractivity contribution is 7.92. The number of carbonyl (C=O) groups excluding carboxylic acids is 2. The molecular formula is C27H28Cl3N3O4S. The van der Waals surface area contributed by atoms with Gasteiger partial charge in [-0.2, -0.15) is 0 Å². The lowest BCUT2D eigenvalue weighted by molar-refractivity contribution is -0.139. The molecule has 202 valence electrons. The van der Waals surface area contributed by atoms with Gasteiger partial charge in [-0.3, -0.25) is 13.9 Å². The number of benzene rings is 3. The maximum atomic E-state index is 13.8. The fraction of sp³-hybridized carbons (Fsp3) is 0.259. The summed E-state index contributed by atoms with van der Waals surface area (Å²) < 4.78 is 28.5. The lowest BCUT2D eigenvalue weighted by Crippen LogP contribution is -2.51. The van der Waals surface area contributed by atoms with Crippen molar-refractivity contribution in [2.45, 2.75) is 38.3 Å². The fourth-order valence-electron chi connectivity index (χ4n) is 3.71. The molecule has 0 saturated carbocycles. The van der Waals surface area contributed by atoms with Crippen LogP contribution in [0.15, 0.2) is 71.6 Å².